The smallest absolute Gasteiger partial charge is 0.158 e. The van der Waals surface area contributed by atoms with Gasteiger partial charge in [-0.1, -0.05) is 6.92 Å². The van der Waals surface area contributed by atoms with Gasteiger partial charge < -0.3 is 10.8 Å². The number of carbonyl (C=O) groups is 1. The molecule has 3 heteroatoms. The molecule has 0 saturated carbocycles. The zero-order valence-corrected chi connectivity index (χ0v) is 6.50. The van der Waals surface area contributed by atoms with E-state index in [1.54, 1.807) is 0 Å². The molecule has 0 rings (SSSR count). The Balaban J connectivity index is 3.69. The lowest BCUT2D eigenvalue weighted by atomic mass is 9.98. The monoisotopic (exact) mass is 145 g/mol. The number of carbonyl (C=O) groups excluding carboxylic acids is 1. The van der Waals surface area contributed by atoms with Crippen LogP contribution in [0.2, 0.25) is 0 Å². The molecule has 0 aromatic carbocycles. The topological polar surface area (TPSA) is 63.3 Å². The molecule has 2 atom stereocenters. The van der Waals surface area contributed by atoms with E-state index in [4.69, 9.17) is 10.8 Å². The summed E-state index contributed by atoms with van der Waals surface area (Å²) in [6.07, 6.45) is -0.135. The van der Waals surface area contributed by atoms with Crippen LogP contribution in [-0.2, 0) is 4.79 Å². The molecule has 0 fully saturated rings. The standard InChI is InChI=1S/C7H15NO2/c1-5(3-4-8)7(10)6(2)9/h5,7,10H,3-4,8H2,1-2H3. The van der Waals surface area contributed by atoms with Crippen LogP contribution in [-0.4, -0.2) is 23.5 Å². The molecule has 0 heterocycles. The summed E-state index contributed by atoms with van der Waals surface area (Å²) in [5.41, 5.74) is 5.24. The maximum Gasteiger partial charge on any atom is 0.158 e. The van der Waals surface area contributed by atoms with E-state index in [0.29, 0.717) is 13.0 Å². The molecule has 3 N–H and O–H groups in total. The number of Topliss-reactive ketones (excluding diaryl/α,β-unsaturated/α-hetero) is 1. The molecular weight excluding hydrogens is 130 g/mol. The van der Waals surface area contributed by atoms with Crippen LogP contribution in [0.4, 0.5) is 0 Å². The summed E-state index contributed by atoms with van der Waals surface area (Å²) in [5, 5.41) is 9.12. The van der Waals surface area contributed by atoms with Crippen molar-refractivity contribution in [2.24, 2.45) is 11.7 Å². The van der Waals surface area contributed by atoms with Crippen molar-refractivity contribution in [1.29, 1.82) is 0 Å². The Labute approximate surface area is 61.2 Å². The Morgan fingerprint density at radius 1 is 1.70 bits per heavy atom. The highest BCUT2D eigenvalue weighted by Gasteiger charge is 2.16. The van der Waals surface area contributed by atoms with E-state index in [-0.39, 0.29) is 11.7 Å². The van der Waals surface area contributed by atoms with Crippen molar-refractivity contribution in [3.8, 4) is 0 Å². The molecule has 10 heavy (non-hydrogen) atoms. The number of aliphatic hydroxyl groups is 1. The minimum Gasteiger partial charge on any atom is -0.385 e. The van der Waals surface area contributed by atoms with E-state index in [1.165, 1.54) is 6.92 Å². The third-order valence-corrected chi connectivity index (χ3v) is 1.58. The van der Waals surface area contributed by atoms with E-state index in [1.807, 2.05) is 6.92 Å². The van der Waals surface area contributed by atoms with Crippen molar-refractivity contribution in [2.75, 3.05) is 6.54 Å². The summed E-state index contributed by atoms with van der Waals surface area (Å²) < 4.78 is 0. The summed E-state index contributed by atoms with van der Waals surface area (Å²) in [5.74, 6) is -0.191. The first-order valence-corrected chi connectivity index (χ1v) is 3.48. The average molecular weight is 145 g/mol. The number of aliphatic hydroxyl groups excluding tert-OH is 1. The SMILES string of the molecule is CC(=O)C(O)C(C)CCN. The second-order valence-corrected chi connectivity index (χ2v) is 2.61. The number of rotatable bonds is 4. The molecular formula is C7H15NO2. The van der Waals surface area contributed by atoms with Crippen molar-refractivity contribution in [3.63, 3.8) is 0 Å². The summed E-state index contributed by atoms with van der Waals surface area (Å²) in [6.45, 7) is 3.72. The van der Waals surface area contributed by atoms with Crippen molar-refractivity contribution in [2.45, 2.75) is 26.4 Å². The molecule has 2 unspecified atom stereocenters. The lowest BCUT2D eigenvalue weighted by Gasteiger charge is -2.14. The molecule has 0 saturated heterocycles. The normalized spacial score (nSPS) is 16.4. The van der Waals surface area contributed by atoms with Crippen LogP contribution in [0.3, 0.4) is 0 Å². The Hall–Kier alpha value is -0.410. The molecule has 0 spiro atoms. The van der Waals surface area contributed by atoms with Crippen molar-refractivity contribution < 1.29 is 9.90 Å². The minimum absolute atomic E-state index is 0.0116. The summed E-state index contributed by atoms with van der Waals surface area (Å²) in [4.78, 5) is 10.6. The quantitative estimate of drug-likeness (QED) is 0.581. The summed E-state index contributed by atoms with van der Waals surface area (Å²) in [7, 11) is 0. The highest BCUT2D eigenvalue weighted by atomic mass is 16.3. The Morgan fingerprint density at radius 2 is 2.20 bits per heavy atom. The molecule has 0 bridgehead atoms. The zero-order valence-electron chi connectivity index (χ0n) is 6.50. The highest BCUT2D eigenvalue weighted by Crippen LogP contribution is 2.07. The Morgan fingerprint density at radius 3 is 2.50 bits per heavy atom. The highest BCUT2D eigenvalue weighted by molar-refractivity contribution is 5.80. The predicted molar refractivity (Wildman–Crippen MR) is 39.5 cm³/mol. The first-order valence-electron chi connectivity index (χ1n) is 3.48. The molecule has 0 aromatic heterocycles. The lowest BCUT2D eigenvalue weighted by Crippen LogP contribution is -2.27. The first kappa shape index (κ1) is 9.59. The molecule has 0 aromatic rings. The fourth-order valence-corrected chi connectivity index (χ4v) is 0.821. The van der Waals surface area contributed by atoms with E-state index >= 15 is 0 Å². The van der Waals surface area contributed by atoms with Gasteiger partial charge in [0.1, 0.15) is 6.10 Å². The number of hydrogen-bond acceptors (Lipinski definition) is 3. The zero-order chi connectivity index (χ0) is 8.15. The lowest BCUT2D eigenvalue weighted by molar-refractivity contribution is -0.127. The van der Waals surface area contributed by atoms with Crippen LogP contribution in [0, 0.1) is 5.92 Å². The second-order valence-electron chi connectivity index (χ2n) is 2.61. The number of hydrogen-bond donors (Lipinski definition) is 2. The molecule has 0 aliphatic carbocycles. The van der Waals surface area contributed by atoms with Gasteiger partial charge in [-0.3, -0.25) is 4.79 Å². The molecule has 0 aliphatic heterocycles. The maximum absolute atomic E-state index is 10.6. The van der Waals surface area contributed by atoms with Crippen molar-refractivity contribution in [3.05, 3.63) is 0 Å². The van der Waals surface area contributed by atoms with E-state index in [0.717, 1.165) is 0 Å². The first-order chi connectivity index (χ1) is 4.59. The molecule has 0 amide bonds. The number of ketones is 1. The van der Waals surface area contributed by atoms with Gasteiger partial charge in [-0.05, 0) is 25.8 Å². The van der Waals surface area contributed by atoms with Crippen LogP contribution in [0.25, 0.3) is 0 Å². The van der Waals surface area contributed by atoms with Gasteiger partial charge >= 0.3 is 0 Å². The molecule has 0 radical (unpaired) electrons. The number of nitrogens with two attached hydrogens (primary N) is 1. The van der Waals surface area contributed by atoms with Gasteiger partial charge in [-0.15, -0.1) is 0 Å². The fourth-order valence-electron chi connectivity index (χ4n) is 0.821. The second kappa shape index (κ2) is 4.41. The third kappa shape index (κ3) is 2.94. The molecule has 60 valence electrons. The van der Waals surface area contributed by atoms with Gasteiger partial charge in [0.15, 0.2) is 5.78 Å². The average Bonchev–Trinajstić information content (AvgIpc) is 1.87. The van der Waals surface area contributed by atoms with E-state index in [2.05, 4.69) is 0 Å². The third-order valence-electron chi connectivity index (χ3n) is 1.58. The van der Waals surface area contributed by atoms with Gasteiger partial charge in [-0.25, -0.2) is 0 Å². The minimum atomic E-state index is -0.830. The maximum atomic E-state index is 10.6. The Kier molecular flexibility index (Phi) is 4.23. The van der Waals surface area contributed by atoms with Crippen LogP contribution in [0.15, 0.2) is 0 Å². The van der Waals surface area contributed by atoms with Gasteiger partial charge in [0.2, 0.25) is 0 Å². The van der Waals surface area contributed by atoms with Gasteiger partial charge in [-0.2, -0.15) is 0 Å². The largest absolute Gasteiger partial charge is 0.385 e. The fraction of sp³-hybridized carbons (Fsp3) is 0.857. The van der Waals surface area contributed by atoms with Gasteiger partial charge in [0.05, 0.1) is 0 Å². The van der Waals surface area contributed by atoms with E-state index in [9.17, 15) is 4.79 Å². The van der Waals surface area contributed by atoms with E-state index < -0.39 is 6.10 Å². The summed E-state index contributed by atoms with van der Waals surface area (Å²) in [6, 6.07) is 0. The molecule has 0 aliphatic rings. The molecule has 3 nitrogen and oxygen atoms in total. The van der Waals surface area contributed by atoms with Gasteiger partial charge in [0, 0.05) is 0 Å². The van der Waals surface area contributed by atoms with Crippen LogP contribution >= 0.6 is 0 Å². The van der Waals surface area contributed by atoms with Crippen LogP contribution < -0.4 is 5.73 Å². The Bertz CT molecular complexity index is 114. The van der Waals surface area contributed by atoms with Crippen molar-refractivity contribution in [1.82, 2.24) is 0 Å². The van der Waals surface area contributed by atoms with Gasteiger partial charge in [0.25, 0.3) is 0 Å². The predicted octanol–water partition coefficient (Wildman–Crippen LogP) is -0.0788. The van der Waals surface area contributed by atoms with Crippen LogP contribution in [0.5, 0.6) is 0 Å². The van der Waals surface area contributed by atoms with Crippen LogP contribution in [0.1, 0.15) is 20.3 Å². The van der Waals surface area contributed by atoms with Crippen molar-refractivity contribution >= 4 is 5.78 Å². The summed E-state index contributed by atoms with van der Waals surface area (Å²) >= 11 is 0.